The molecule has 6 heteroatoms. The van der Waals surface area contributed by atoms with Crippen molar-refractivity contribution in [3.8, 4) is 17.1 Å². The van der Waals surface area contributed by atoms with Crippen LogP contribution >= 0.6 is 11.6 Å². The largest absolute Gasteiger partial charge is 0.484 e. The summed E-state index contributed by atoms with van der Waals surface area (Å²) in [5.41, 5.74) is 1.57. The minimum atomic E-state index is -0.157. The first-order valence-electron chi connectivity index (χ1n) is 6.98. The first-order valence-corrected chi connectivity index (χ1v) is 7.35. The molecule has 0 unspecified atom stereocenters. The van der Waals surface area contributed by atoms with Gasteiger partial charge in [-0.2, -0.15) is 0 Å². The third-order valence-corrected chi connectivity index (χ3v) is 2.93. The molecule has 116 valence electrons. The number of aromatic nitrogens is 2. The number of carbonyl (C=O) groups is 1. The van der Waals surface area contributed by atoms with Crippen LogP contribution < -0.4 is 10.1 Å². The number of aryl methyl sites for hydroxylation is 1. The fraction of sp³-hybridized carbons (Fsp3) is 0.312. The van der Waals surface area contributed by atoms with Crippen LogP contribution in [0.4, 0.5) is 0 Å². The molecule has 2 rings (SSSR count). The zero-order chi connectivity index (χ0) is 16.1. The number of nitrogens with zero attached hydrogens (tertiary/aromatic N) is 2. The van der Waals surface area contributed by atoms with E-state index in [0.717, 1.165) is 11.3 Å². The Labute approximate surface area is 134 Å². The Bertz CT molecular complexity index is 654. The number of amides is 1. The molecule has 0 aliphatic rings. The highest BCUT2D eigenvalue weighted by atomic mass is 35.5. The van der Waals surface area contributed by atoms with E-state index in [1.54, 1.807) is 18.2 Å². The smallest absolute Gasteiger partial charge is 0.258 e. The second kappa shape index (κ2) is 7.22. The first-order chi connectivity index (χ1) is 10.4. The van der Waals surface area contributed by atoms with Crippen molar-refractivity contribution < 1.29 is 9.53 Å². The number of halogens is 1. The highest BCUT2D eigenvalue weighted by Crippen LogP contribution is 2.22. The van der Waals surface area contributed by atoms with Crippen LogP contribution in [-0.4, -0.2) is 28.5 Å². The standard InChI is InChI=1S/C16H18ClN3O2/c1-10(2)18-15(21)9-22-13-6-4-5-12(8-13)16-19-11(3)7-14(17)20-16/h4-8,10H,9H2,1-3H3,(H,18,21). The molecule has 22 heavy (non-hydrogen) atoms. The van der Waals surface area contributed by atoms with Crippen molar-refractivity contribution in [1.82, 2.24) is 15.3 Å². The molecule has 0 aliphatic heterocycles. The Morgan fingerprint density at radius 3 is 2.77 bits per heavy atom. The quantitative estimate of drug-likeness (QED) is 0.860. The number of benzene rings is 1. The molecule has 1 aromatic heterocycles. The van der Waals surface area contributed by atoms with Crippen LogP contribution in [0, 0.1) is 6.92 Å². The summed E-state index contributed by atoms with van der Waals surface area (Å²) >= 11 is 5.96. The van der Waals surface area contributed by atoms with Crippen molar-refractivity contribution in [2.75, 3.05) is 6.61 Å². The summed E-state index contributed by atoms with van der Waals surface area (Å²) in [7, 11) is 0. The maximum atomic E-state index is 11.6. The van der Waals surface area contributed by atoms with Crippen LogP contribution in [0.1, 0.15) is 19.5 Å². The van der Waals surface area contributed by atoms with E-state index in [1.807, 2.05) is 32.9 Å². The fourth-order valence-corrected chi connectivity index (χ4v) is 2.13. The van der Waals surface area contributed by atoms with E-state index in [9.17, 15) is 4.79 Å². The van der Waals surface area contributed by atoms with Gasteiger partial charge in [0.05, 0.1) is 0 Å². The van der Waals surface area contributed by atoms with Crippen LogP contribution in [0.15, 0.2) is 30.3 Å². The van der Waals surface area contributed by atoms with Gasteiger partial charge in [-0.15, -0.1) is 0 Å². The third kappa shape index (κ3) is 4.70. The van der Waals surface area contributed by atoms with Crippen molar-refractivity contribution in [3.63, 3.8) is 0 Å². The molecule has 0 fully saturated rings. The van der Waals surface area contributed by atoms with Gasteiger partial charge in [-0.05, 0) is 39.0 Å². The molecule has 5 nitrogen and oxygen atoms in total. The van der Waals surface area contributed by atoms with Crippen molar-refractivity contribution in [1.29, 1.82) is 0 Å². The average molecular weight is 320 g/mol. The van der Waals surface area contributed by atoms with Crippen LogP contribution in [0.25, 0.3) is 11.4 Å². The monoisotopic (exact) mass is 319 g/mol. The molecule has 1 heterocycles. The summed E-state index contributed by atoms with van der Waals surface area (Å²) in [4.78, 5) is 20.1. The SMILES string of the molecule is Cc1cc(Cl)nc(-c2cccc(OCC(=O)NC(C)C)c2)n1. The molecular formula is C16H18ClN3O2. The lowest BCUT2D eigenvalue weighted by atomic mass is 10.2. The van der Waals surface area contributed by atoms with Gasteiger partial charge in [0, 0.05) is 17.3 Å². The molecule has 0 saturated carbocycles. The van der Waals surface area contributed by atoms with E-state index >= 15 is 0 Å². The first kappa shape index (κ1) is 16.2. The van der Waals surface area contributed by atoms with E-state index in [4.69, 9.17) is 16.3 Å². The van der Waals surface area contributed by atoms with Gasteiger partial charge in [-0.1, -0.05) is 23.7 Å². The van der Waals surface area contributed by atoms with Gasteiger partial charge in [0.15, 0.2) is 12.4 Å². The Morgan fingerprint density at radius 2 is 2.09 bits per heavy atom. The number of hydrogen-bond donors (Lipinski definition) is 1. The van der Waals surface area contributed by atoms with Crippen LogP contribution in [0.3, 0.4) is 0 Å². The molecule has 1 amide bonds. The van der Waals surface area contributed by atoms with Crippen LogP contribution in [-0.2, 0) is 4.79 Å². The Kier molecular flexibility index (Phi) is 5.33. The van der Waals surface area contributed by atoms with Crippen molar-refractivity contribution in [2.45, 2.75) is 26.8 Å². The van der Waals surface area contributed by atoms with Crippen molar-refractivity contribution in [3.05, 3.63) is 41.2 Å². The summed E-state index contributed by atoms with van der Waals surface area (Å²) in [6.07, 6.45) is 0. The fourth-order valence-electron chi connectivity index (χ4n) is 1.90. The molecular weight excluding hydrogens is 302 g/mol. The maximum Gasteiger partial charge on any atom is 0.258 e. The second-order valence-corrected chi connectivity index (χ2v) is 5.58. The van der Waals surface area contributed by atoms with Gasteiger partial charge in [0.25, 0.3) is 5.91 Å². The number of ether oxygens (including phenoxy) is 1. The predicted molar refractivity (Wildman–Crippen MR) is 86.0 cm³/mol. The summed E-state index contributed by atoms with van der Waals surface area (Å²) < 4.78 is 5.49. The molecule has 0 bridgehead atoms. The topological polar surface area (TPSA) is 64.1 Å². The highest BCUT2D eigenvalue weighted by Gasteiger charge is 2.07. The van der Waals surface area contributed by atoms with Crippen molar-refractivity contribution in [2.24, 2.45) is 0 Å². The van der Waals surface area contributed by atoms with Crippen molar-refractivity contribution >= 4 is 17.5 Å². The van der Waals surface area contributed by atoms with Crippen LogP contribution in [0.5, 0.6) is 5.75 Å². The highest BCUT2D eigenvalue weighted by molar-refractivity contribution is 6.29. The van der Waals surface area contributed by atoms with Gasteiger partial charge in [-0.25, -0.2) is 9.97 Å². The summed E-state index contributed by atoms with van der Waals surface area (Å²) in [6, 6.07) is 9.04. The zero-order valence-corrected chi connectivity index (χ0v) is 13.5. The summed E-state index contributed by atoms with van der Waals surface area (Å²) in [5.74, 6) is 0.954. The Balaban J connectivity index is 2.11. The molecule has 1 N–H and O–H groups in total. The van der Waals surface area contributed by atoms with E-state index in [-0.39, 0.29) is 18.6 Å². The summed E-state index contributed by atoms with van der Waals surface area (Å²) in [5, 5.41) is 3.16. The molecule has 0 saturated heterocycles. The molecule has 1 aromatic carbocycles. The molecule has 0 atom stereocenters. The lowest BCUT2D eigenvalue weighted by molar-refractivity contribution is -0.123. The zero-order valence-electron chi connectivity index (χ0n) is 12.8. The Morgan fingerprint density at radius 1 is 1.32 bits per heavy atom. The van der Waals surface area contributed by atoms with Gasteiger partial charge < -0.3 is 10.1 Å². The minimum absolute atomic E-state index is 0.0307. The van der Waals surface area contributed by atoms with E-state index in [2.05, 4.69) is 15.3 Å². The normalized spacial score (nSPS) is 10.6. The second-order valence-electron chi connectivity index (χ2n) is 5.19. The Hall–Kier alpha value is -2.14. The van der Waals surface area contributed by atoms with E-state index < -0.39 is 0 Å². The molecule has 0 spiro atoms. The average Bonchev–Trinajstić information content (AvgIpc) is 2.44. The van der Waals surface area contributed by atoms with Gasteiger partial charge >= 0.3 is 0 Å². The summed E-state index contributed by atoms with van der Waals surface area (Å²) in [6.45, 7) is 5.62. The number of nitrogens with one attached hydrogen (secondary N) is 1. The lowest BCUT2D eigenvalue weighted by Crippen LogP contribution is -2.34. The van der Waals surface area contributed by atoms with Crippen LogP contribution in [0.2, 0.25) is 5.15 Å². The number of carbonyl (C=O) groups excluding carboxylic acids is 1. The molecule has 0 aliphatic carbocycles. The lowest BCUT2D eigenvalue weighted by Gasteiger charge is -2.10. The minimum Gasteiger partial charge on any atom is -0.484 e. The van der Waals surface area contributed by atoms with Gasteiger partial charge in [-0.3, -0.25) is 4.79 Å². The molecule has 0 radical (unpaired) electrons. The number of hydrogen-bond acceptors (Lipinski definition) is 4. The van der Waals surface area contributed by atoms with Gasteiger partial charge in [0.2, 0.25) is 0 Å². The van der Waals surface area contributed by atoms with E-state index in [0.29, 0.717) is 16.7 Å². The molecule has 2 aromatic rings. The predicted octanol–water partition coefficient (Wildman–Crippen LogP) is 3.01. The van der Waals surface area contributed by atoms with E-state index in [1.165, 1.54) is 0 Å². The number of rotatable bonds is 5. The third-order valence-electron chi connectivity index (χ3n) is 2.73. The van der Waals surface area contributed by atoms with Gasteiger partial charge in [0.1, 0.15) is 10.9 Å². The maximum absolute atomic E-state index is 11.6.